The number of anilines is 1. The number of amides is 2. The number of hydrogen-bond donors (Lipinski definition) is 2. The lowest BCUT2D eigenvalue weighted by atomic mass is 9.93. The third-order valence-corrected chi connectivity index (χ3v) is 5.24. The van der Waals surface area contributed by atoms with E-state index in [1.165, 1.54) is 17.2 Å². The highest BCUT2D eigenvalue weighted by Crippen LogP contribution is 2.35. The molecule has 0 bridgehead atoms. The van der Waals surface area contributed by atoms with Crippen molar-refractivity contribution in [1.82, 2.24) is 20.3 Å². The summed E-state index contributed by atoms with van der Waals surface area (Å²) in [5.41, 5.74) is -0.745. The molecular weight excluding hydrogens is 422 g/mol. The molecule has 0 aliphatic rings. The van der Waals surface area contributed by atoms with Crippen LogP contribution in [-0.2, 0) is 14.3 Å². The molecule has 2 aromatic rings. The Morgan fingerprint density at radius 2 is 1.74 bits per heavy atom. The second kappa shape index (κ2) is 9.46. The lowest BCUT2D eigenvalue weighted by Crippen LogP contribution is -2.43. The van der Waals surface area contributed by atoms with Gasteiger partial charge in [0.2, 0.25) is 0 Å². The molecule has 0 unspecified atom stereocenters. The minimum absolute atomic E-state index is 0.0421. The van der Waals surface area contributed by atoms with Crippen molar-refractivity contribution in [2.75, 3.05) is 18.5 Å². The van der Waals surface area contributed by atoms with Crippen molar-refractivity contribution in [3.63, 3.8) is 0 Å². The molecule has 31 heavy (non-hydrogen) atoms. The molecule has 0 aliphatic carbocycles. The predicted molar refractivity (Wildman–Crippen MR) is 117 cm³/mol. The number of ether oxygens (including phenoxy) is 2. The molecule has 2 N–H and O–H groups in total. The minimum Gasteiger partial charge on any atom is -0.462 e. The molecular formula is C20H29N5O5S. The molecule has 0 aromatic carbocycles. The van der Waals surface area contributed by atoms with Gasteiger partial charge in [-0.05, 0) is 48.5 Å². The fourth-order valence-electron chi connectivity index (χ4n) is 2.49. The van der Waals surface area contributed by atoms with Gasteiger partial charge in [0.05, 0.1) is 30.0 Å². The van der Waals surface area contributed by atoms with Crippen LogP contribution in [0.25, 0.3) is 5.00 Å². The summed E-state index contributed by atoms with van der Waals surface area (Å²) in [6, 6.07) is -0.566. The first-order valence-electron chi connectivity index (χ1n) is 9.81. The second-order valence-electron chi connectivity index (χ2n) is 8.47. The van der Waals surface area contributed by atoms with Crippen molar-refractivity contribution in [1.29, 1.82) is 0 Å². The first-order valence-corrected chi connectivity index (χ1v) is 10.6. The summed E-state index contributed by atoms with van der Waals surface area (Å²) in [6.07, 6.45) is 3.03. The smallest absolute Gasteiger partial charge is 0.341 e. The van der Waals surface area contributed by atoms with Crippen molar-refractivity contribution in [3.05, 3.63) is 23.5 Å². The summed E-state index contributed by atoms with van der Waals surface area (Å²) in [4.78, 5) is 38.8. The van der Waals surface area contributed by atoms with Crippen LogP contribution in [0.1, 0.15) is 57.5 Å². The Balaban J connectivity index is 2.17. The molecule has 0 aliphatic heterocycles. The topological polar surface area (TPSA) is 124 Å². The largest absolute Gasteiger partial charge is 0.462 e. The number of nitrogens with zero attached hydrogens (tertiary/aromatic N) is 3. The first-order chi connectivity index (χ1) is 14.4. The van der Waals surface area contributed by atoms with Gasteiger partial charge in [-0.3, -0.25) is 10.1 Å². The zero-order valence-electron chi connectivity index (χ0n) is 18.9. The summed E-state index contributed by atoms with van der Waals surface area (Å²) >= 11 is 1.15. The zero-order valence-corrected chi connectivity index (χ0v) is 19.7. The minimum atomic E-state index is -0.940. The third kappa shape index (κ3) is 6.27. The van der Waals surface area contributed by atoms with E-state index >= 15 is 0 Å². The van der Waals surface area contributed by atoms with Gasteiger partial charge in [0.25, 0.3) is 0 Å². The van der Waals surface area contributed by atoms with E-state index in [0.29, 0.717) is 15.6 Å². The SMILES string of the molecule is CCOC(=O)c1c(NC(=O)NCC(C)(C)C(=O)OC(C)(C)C)sc(-n2nccn2)c1C. The molecule has 0 saturated carbocycles. The number of hydrogen-bond acceptors (Lipinski definition) is 8. The number of thiophene rings is 1. The average molecular weight is 452 g/mol. The van der Waals surface area contributed by atoms with Gasteiger partial charge in [0, 0.05) is 12.1 Å². The van der Waals surface area contributed by atoms with E-state index < -0.39 is 29.0 Å². The number of urea groups is 1. The van der Waals surface area contributed by atoms with E-state index in [9.17, 15) is 14.4 Å². The van der Waals surface area contributed by atoms with E-state index in [-0.39, 0.29) is 18.7 Å². The highest BCUT2D eigenvalue weighted by molar-refractivity contribution is 7.19. The molecule has 170 valence electrons. The molecule has 0 spiro atoms. The quantitative estimate of drug-likeness (QED) is 0.619. The average Bonchev–Trinajstić information content (AvgIpc) is 3.27. The molecule has 0 radical (unpaired) electrons. The van der Waals surface area contributed by atoms with Gasteiger partial charge in [-0.1, -0.05) is 11.3 Å². The molecule has 2 amide bonds. The van der Waals surface area contributed by atoms with Gasteiger partial charge in [-0.15, -0.1) is 4.80 Å². The van der Waals surface area contributed by atoms with Crippen LogP contribution in [0, 0.1) is 12.3 Å². The van der Waals surface area contributed by atoms with Crippen molar-refractivity contribution < 1.29 is 23.9 Å². The highest BCUT2D eigenvalue weighted by Gasteiger charge is 2.33. The monoisotopic (exact) mass is 451 g/mol. The summed E-state index contributed by atoms with van der Waals surface area (Å²) in [5, 5.41) is 14.4. The zero-order chi connectivity index (χ0) is 23.4. The number of rotatable bonds is 7. The number of carbonyl (C=O) groups excluding carboxylic acids is 3. The summed E-state index contributed by atoms with van der Waals surface area (Å²) in [5.74, 6) is -0.981. The van der Waals surface area contributed by atoms with E-state index in [4.69, 9.17) is 9.47 Å². The Labute approximate surface area is 185 Å². The normalized spacial score (nSPS) is 11.7. The van der Waals surface area contributed by atoms with Crippen LogP contribution in [0.2, 0.25) is 0 Å². The molecule has 2 aromatic heterocycles. The van der Waals surface area contributed by atoms with Crippen LogP contribution in [-0.4, -0.2) is 51.7 Å². The fourth-order valence-corrected chi connectivity index (χ4v) is 3.59. The van der Waals surface area contributed by atoms with Crippen LogP contribution in [0.4, 0.5) is 9.80 Å². The fraction of sp³-hybridized carbons (Fsp3) is 0.550. The summed E-state index contributed by atoms with van der Waals surface area (Å²) in [7, 11) is 0. The Kier molecular flexibility index (Phi) is 7.42. The third-order valence-electron chi connectivity index (χ3n) is 4.07. The highest BCUT2D eigenvalue weighted by atomic mass is 32.1. The maximum Gasteiger partial charge on any atom is 0.341 e. The molecule has 0 saturated heterocycles. The van der Waals surface area contributed by atoms with Gasteiger partial charge < -0.3 is 14.8 Å². The number of aromatic nitrogens is 3. The van der Waals surface area contributed by atoms with E-state index in [1.807, 2.05) is 0 Å². The standard InChI is InChI=1S/C20H29N5O5S/c1-8-29-16(26)13-12(2)15(25-22-9-10-23-25)31-14(13)24-18(28)21-11-20(6,7)17(27)30-19(3,4)5/h9-10H,8,11H2,1-7H3,(H2,21,24,28). The van der Waals surface area contributed by atoms with Crippen LogP contribution in [0.15, 0.2) is 12.4 Å². The van der Waals surface area contributed by atoms with Gasteiger partial charge in [-0.25, -0.2) is 9.59 Å². The van der Waals surface area contributed by atoms with E-state index in [1.54, 1.807) is 48.5 Å². The van der Waals surface area contributed by atoms with Crippen LogP contribution in [0.5, 0.6) is 0 Å². The van der Waals surface area contributed by atoms with Gasteiger partial charge in [0.1, 0.15) is 15.6 Å². The predicted octanol–water partition coefficient (Wildman–Crippen LogP) is 3.30. The van der Waals surface area contributed by atoms with Crippen molar-refractivity contribution >= 4 is 34.3 Å². The first kappa shape index (κ1) is 24.3. The van der Waals surface area contributed by atoms with E-state index in [0.717, 1.165) is 11.3 Å². The molecule has 0 atom stereocenters. The summed E-state index contributed by atoms with van der Waals surface area (Å²) in [6.45, 7) is 12.4. The Hall–Kier alpha value is -2.95. The van der Waals surface area contributed by atoms with E-state index in [2.05, 4.69) is 20.8 Å². The maximum atomic E-state index is 12.5. The van der Waals surface area contributed by atoms with Gasteiger partial charge >= 0.3 is 18.0 Å². The van der Waals surface area contributed by atoms with Crippen LogP contribution < -0.4 is 10.6 Å². The molecule has 2 heterocycles. The second-order valence-corrected chi connectivity index (χ2v) is 9.47. The Morgan fingerprint density at radius 3 is 2.29 bits per heavy atom. The lowest BCUT2D eigenvalue weighted by molar-refractivity contribution is -0.165. The number of nitrogens with one attached hydrogen (secondary N) is 2. The number of carbonyl (C=O) groups is 3. The van der Waals surface area contributed by atoms with Crippen LogP contribution >= 0.6 is 11.3 Å². The molecule has 0 fully saturated rings. The summed E-state index contributed by atoms with van der Waals surface area (Å²) < 4.78 is 10.5. The van der Waals surface area contributed by atoms with Crippen molar-refractivity contribution in [2.45, 2.75) is 54.1 Å². The maximum absolute atomic E-state index is 12.5. The molecule has 2 rings (SSSR count). The Morgan fingerprint density at radius 1 is 1.13 bits per heavy atom. The van der Waals surface area contributed by atoms with Crippen LogP contribution in [0.3, 0.4) is 0 Å². The molecule has 10 nitrogen and oxygen atoms in total. The molecule has 11 heteroatoms. The Bertz CT molecular complexity index is 944. The van der Waals surface area contributed by atoms with Crippen molar-refractivity contribution in [3.8, 4) is 5.00 Å². The lowest BCUT2D eigenvalue weighted by Gasteiger charge is -2.28. The van der Waals surface area contributed by atoms with Gasteiger partial charge in [-0.2, -0.15) is 10.2 Å². The van der Waals surface area contributed by atoms with Crippen molar-refractivity contribution in [2.24, 2.45) is 5.41 Å². The van der Waals surface area contributed by atoms with Gasteiger partial charge in [0.15, 0.2) is 0 Å². The number of esters is 2.